The number of hydrogen-bond acceptors (Lipinski definition) is 1. The second-order valence-electron chi connectivity index (χ2n) is 2.51. The Labute approximate surface area is 86.7 Å². The summed E-state index contributed by atoms with van der Waals surface area (Å²) in [5.41, 5.74) is 1.43. The largest absolute Gasteiger partial charge is 0.154 e. The van der Waals surface area contributed by atoms with E-state index in [1.807, 2.05) is 25.6 Å². The summed E-state index contributed by atoms with van der Waals surface area (Å²) >= 11 is 1.98. The van der Waals surface area contributed by atoms with E-state index in [-0.39, 0.29) is 0 Å². The Balaban J connectivity index is 0.000000671. The SMILES string of the molecule is CC.CCSC(C)c1ccccc1. The van der Waals surface area contributed by atoms with Gasteiger partial charge in [0.05, 0.1) is 0 Å². The molecule has 0 saturated heterocycles. The zero-order valence-electron chi connectivity index (χ0n) is 9.08. The highest BCUT2D eigenvalue weighted by molar-refractivity contribution is 7.99. The van der Waals surface area contributed by atoms with Crippen LogP contribution in [0.25, 0.3) is 0 Å². The molecular weight excluding hydrogens is 176 g/mol. The maximum atomic E-state index is 2.25. The minimum Gasteiger partial charge on any atom is -0.154 e. The number of benzene rings is 1. The molecule has 0 N–H and O–H groups in total. The maximum Gasteiger partial charge on any atom is 0.0268 e. The molecule has 13 heavy (non-hydrogen) atoms. The molecule has 0 heterocycles. The Hall–Kier alpha value is -0.430. The van der Waals surface area contributed by atoms with Crippen molar-refractivity contribution in [1.29, 1.82) is 0 Å². The predicted molar refractivity (Wildman–Crippen MR) is 64.3 cm³/mol. The zero-order valence-corrected chi connectivity index (χ0v) is 9.90. The fourth-order valence-corrected chi connectivity index (χ4v) is 1.92. The highest BCUT2D eigenvalue weighted by Crippen LogP contribution is 2.26. The predicted octanol–water partition coefficient (Wildman–Crippen LogP) is 4.53. The van der Waals surface area contributed by atoms with Gasteiger partial charge in [-0.05, 0) is 18.2 Å². The third kappa shape index (κ3) is 4.99. The molecule has 1 heteroatoms. The summed E-state index contributed by atoms with van der Waals surface area (Å²) in [6.07, 6.45) is 0. The zero-order chi connectivity index (χ0) is 10.1. The molecule has 0 amide bonds. The van der Waals surface area contributed by atoms with E-state index in [0.29, 0.717) is 5.25 Å². The summed E-state index contributed by atoms with van der Waals surface area (Å²) in [6.45, 7) is 8.45. The van der Waals surface area contributed by atoms with Crippen LogP contribution in [0.15, 0.2) is 30.3 Å². The van der Waals surface area contributed by atoms with Gasteiger partial charge in [-0.15, -0.1) is 0 Å². The van der Waals surface area contributed by atoms with Crippen LogP contribution in [-0.4, -0.2) is 5.75 Å². The maximum absolute atomic E-state index is 2.25. The van der Waals surface area contributed by atoms with Crippen molar-refractivity contribution in [3.63, 3.8) is 0 Å². The van der Waals surface area contributed by atoms with Crippen molar-refractivity contribution in [2.45, 2.75) is 32.9 Å². The number of hydrogen-bond donors (Lipinski definition) is 0. The molecule has 0 radical (unpaired) electrons. The highest BCUT2D eigenvalue weighted by atomic mass is 32.2. The first-order valence-electron chi connectivity index (χ1n) is 5.01. The molecule has 1 aromatic rings. The summed E-state index contributed by atoms with van der Waals surface area (Å²) in [4.78, 5) is 0. The van der Waals surface area contributed by atoms with Crippen LogP contribution >= 0.6 is 11.8 Å². The third-order valence-electron chi connectivity index (χ3n) is 1.69. The second-order valence-corrected chi connectivity index (χ2v) is 4.13. The lowest BCUT2D eigenvalue weighted by atomic mass is 10.2. The van der Waals surface area contributed by atoms with Crippen molar-refractivity contribution >= 4 is 11.8 Å². The first-order chi connectivity index (χ1) is 6.34. The normalized spacial score (nSPS) is 11.4. The van der Waals surface area contributed by atoms with Gasteiger partial charge < -0.3 is 0 Å². The first-order valence-corrected chi connectivity index (χ1v) is 6.06. The van der Waals surface area contributed by atoms with Gasteiger partial charge in [0.1, 0.15) is 0 Å². The van der Waals surface area contributed by atoms with Crippen LogP contribution in [0.4, 0.5) is 0 Å². The third-order valence-corrected chi connectivity index (χ3v) is 2.79. The van der Waals surface area contributed by atoms with E-state index in [2.05, 4.69) is 44.2 Å². The van der Waals surface area contributed by atoms with Crippen LogP contribution in [0.3, 0.4) is 0 Å². The van der Waals surface area contributed by atoms with Crippen molar-refractivity contribution in [2.24, 2.45) is 0 Å². The second kappa shape index (κ2) is 8.18. The van der Waals surface area contributed by atoms with Crippen molar-refractivity contribution < 1.29 is 0 Å². The van der Waals surface area contributed by atoms with Crippen molar-refractivity contribution in [3.8, 4) is 0 Å². The molecule has 0 bridgehead atoms. The lowest BCUT2D eigenvalue weighted by molar-refractivity contribution is 1.10. The van der Waals surface area contributed by atoms with Gasteiger partial charge in [-0.25, -0.2) is 0 Å². The van der Waals surface area contributed by atoms with Crippen molar-refractivity contribution in [3.05, 3.63) is 35.9 Å². The van der Waals surface area contributed by atoms with Crippen molar-refractivity contribution in [2.75, 3.05) is 5.75 Å². The summed E-state index contributed by atoms with van der Waals surface area (Å²) in [6, 6.07) is 10.6. The van der Waals surface area contributed by atoms with Gasteiger partial charge in [0, 0.05) is 5.25 Å². The molecule has 0 aromatic heterocycles. The molecular formula is C12H20S. The molecule has 0 saturated carbocycles. The first kappa shape index (κ1) is 12.6. The van der Waals surface area contributed by atoms with Crippen LogP contribution in [-0.2, 0) is 0 Å². The van der Waals surface area contributed by atoms with E-state index in [4.69, 9.17) is 0 Å². The molecule has 0 spiro atoms. The summed E-state index contributed by atoms with van der Waals surface area (Å²) < 4.78 is 0. The van der Waals surface area contributed by atoms with Crippen LogP contribution in [0.1, 0.15) is 38.5 Å². The summed E-state index contributed by atoms with van der Waals surface area (Å²) in [7, 11) is 0. The molecule has 0 fully saturated rings. The van der Waals surface area contributed by atoms with E-state index in [0.717, 1.165) is 0 Å². The van der Waals surface area contributed by atoms with E-state index < -0.39 is 0 Å². The monoisotopic (exact) mass is 196 g/mol. The Morgan fingerprint density at radius 3 is 2.15 bits per heavy atom. The van der Waals surface area contributed by atoms with Crippen LogP contribution in [0, 0.1) is 0 Å². The Kier molecular flexibility index (Phi) is 7.91. The van der Waals surface area contributed by atoms with Gasteiger partial charge in [-0.1, -0.05) is 51.1 Å². The average molecular weight is 196 g/mol. The minimum atomic E-state index is 0.640. The molecule has 74 valence electrons. The Morgan fingerprint density at radius 1 is 1.15 bits per heavy atom. The quantitative estimate of drug-likeness (QED) is 0.684. The van der Waals surface area contributed by atoms with E-state index in [9.17, 15) is 0 Å². The Bertz CT molecular complexity index is 194. The fourth-order valence-electron chi connectivity index (χ4n) is 1.07. The van der Waals surface area contributed by atoms with E-state index in [1.54, 1.807) is 0 Å². The van der Waals surface area contributed by atoms with E-state index in [1.165, 1.54) is 11.3 Å². The standard InChI is InChI=1S/C10H14S.C2H6/c1-3-11-9(2)10-7-5-4-6-8-10;1-2/h4-9H,3H2,1-2H3;1-2H3. The molecule has 1 atom stereocenters. The topological polar surface area (TPSA) is 0 Å². The Morgan fingerprint density at radius 2 is 1.69 bits per heavy atom. The van der Waals surface area contributed by atoms with Crippen LogP contribution in [0.2, 0.25) is 0 Å². The molecule has 1 unspecified atom stereocenters. The minimum absolute atomic E-state index is 0.640. The van der Waals surface area contributed by atoms with Gasteiger partial charge in [0.2, 0.25) is 0 Å². The van der Waals surface area contributed by atoms with Crippen LogP contribution < -0.4 is 0 Å². The molecule has 1 aromatic carbocycles. The van der Waals surface area contributed by atoms with Gasteiger partial charge >= 0.3 is 0 Å². The van der Waals surface area contributed by atoms with Gasteiger partial charge in [-0.2, -0.15) is 11.8 Å². The molecule has 0 aliphatic heterocycles. The van der Waals surface area contributed by atoms with E-state index >= 15 is 0 Å². The number of rotatable bonds is 3. The lowest BCUT2D eigenvalue weighted by Gasteiger charge is -2.08. The summed E-state index contributed by atoms with van der Waals surface area (Å²) in [5.74, 6) is 1.19. The van der Waals surface area contributed by atoms with Crippen molar-refractivity contribution in [1.82, 2.24) is 0 Å². The molecule has 1 rings (SSSR count). The van der Waals surface area contributed by atoms with Gasteiger partial charge in [0.25, 0.3) is 0 Å². The highest BCUT2D eigenvalue weighted by Gasteiger charge is 2.01. The lowest BCUT2D eigenvalue weighted by Crippen LogP contribution is -1.86. The average Bonchev–Trinajstić information content (AvgIpc) is 2.23. The molecule has 0 nitrogen and oxygen atoms in total. The van der Waals surface area contributed by atoms with Crippen LogP contribution in [0.5, 0.6) is 0 Å². The number of thioether (sulfide) groups is 1. The fraction of sp³-hybridized carbons (Fsp3) is 0.500. The van der Waals surface area contributed by atoms with Gasteiger partial charge in [-0.3, -0.25) is 0 Å². The smallest absolute Gasteiger partial charge is 0.0268 e. The molecule has 0 aliphatic carbocycles. The molecule has 0 aliphatic rings. The summed E-state index contributed by atoms with van der Waals surface area (Å²) in [5, 5.41) is 0.640. The van der Waals surface area contributed by atoms with Gasteiger partial charge in [0.15, 0.2) is 0 Å².